The Morgan fingerprint density at radius 2 is 1.50 bits per heavy atom. The zero-order valence-electron chi connectivity index (χ0n) is 11.7. The molecule has 0 bridgehead atoms. The summed E-state index contributed by atoms with van der Waals surface area (Å²) >= 11 is 0. The predicted molar refractivity (Wildman–Crippen MR) is 81.3 cm³/mol. The van der Waals surface area contributed by atoms with Crippen LogP contribution in [0.1, 0.15) is 11.1 Å². The maximum absolute atomic E-state index is 12.0. The van der Waals surface area contributed by atoms with E-state index in [-0.39, 0.29) is 11.9 Å². The SMILES string of the molecule is CNC(=O)[C@H](Cc1ccccc1)NCc1ccccc1. The predicted octanol–water partition coefficient (Wildman–Crippen LogP) is 2.13. The van der Waals surface area contributed by atoms with E-state index in [1.54, 1.807) is 7.05 Å². The molecular weight excluding hydrogens is 248 g/mol. The molecule has 2 rings (SSSR count). The Labute approximate surface area is 120 Å². The van der Waals surface area contributed by atoms with Gasteiger partial charge in [0.25, 0.3) is 0 Å². The molecule has 1 amide bonds. The summed E-state index contributed by atoms with van der Waals surface area (Å²) < 4.78 is 0. The topological polar surface area (TPSA) is 41.1 Å². The molecule has 2 N–H and O–H groups in total. The van der Waals surface area contributed by atoms with Gasteiger partial charge in [0.15, 0.2) is 0 Å². The quantitative estimate of drug-likeness (QED) is 0.842. The molecule has 0 saturated heterocycles. The molecule has 0 spiro atoms. The van der Waals surface area contributed by atoms with Crippen LogP contribution in [0.5, 0.6) is 0 Å². The van der Waals surface area contributed by atoms with Gasteiger partial charge in [-0.15, -0.1) is 0 Å². The number of hydrogen-bond donors (Lipinski definition) is 2. The van der Waals surface area contributed by atoms with E-state index in [0.29, 0.717) is 13.0 Å². The minimum absolute atomic E-state index is 0.0183. The van der Waals surface area contributed by atoms with Crippen molar-refractivity contribution >= 4 is 5.91 Å². The van der Waals surface area contributed by atoms with Gasteiger partial charge in [0.2, 0.25) is 5.91 Å². The zero-order valence-corrected chi connectivity index (χ0v) is 11.7. The highest BCUT2D eigenvalue weighted by Gasteiger charge is 2.16. The maximum atomic E-state index is 12.0. The van der Waals surface area contributed by atoms with Gasteiger partial charge in [-0.25, -0.2) is 0 Å². The average molecular weight is 268 g/mol. The third kappa shape index (κ3) is 4.21. The summed E-state index contributed by atoms with van der Waals surface area (Å²) in [6, 6.07) is 19.9. The van der Waals surface area contributed by atoms with Crippen LogP contribution < -0.4 is 10.6 Å². The van der Waals surface area contributed by atoms with Gasteiger partial charge in [-0.2, -0.15) is 0 Å². The lowest BCUT2D eigenvalue weighted by molar-refractivity contribution is -0.122. The van der Waals surface area contributed by atoms with Gasteiger partial charge in [-0.1, -0.05) is 60.7 Å². The number of benzene rings is 2. The number of amides is 1. The molecule has 3 nitrogen and oxygen atoms in total. The molecule has 3 heteroatoms. The minimum Gasteiger partial charge on any atom is -0.358 e. The summed E-state index contributed by atoms with van der Waals surface area (Å²) in [5.41, 5.74) is 2.33. The fraction of sp³-hybridized carbons (Fsp3) is 0.235. The third-order valence-electron chi connectivity index (χ3n) is 3.24. The van der Waals surface area contributed by atoms with Crippen LogP contribution in [0.25, 0.3) is 0 Å². The lowest BCUT2D eigenvalue weighted by Gasteiger charge is -2.17. The Balaban J connectivity index is 1.99. The van der Waals surface area contributed by atoms with Crippen LogP contribution in [0, 0.1) is 0 Å². The first kappa shape index (κ1) is 14.3. The number of nitrogens with one attached hydrogen (secondary N) is 2. The van der Waals surface area contributed by atoms with Crippen LogP contribution >= 0.6 is 0 Å². The van der Waals surface area contributed by atoms with Crippen LogP contribution in [-0.4, -0.2) is 19.0 Å². The summed E-state index contributed by atoms with van der Waals surface area (Å²) in [6.07, 6.45) is 0.688. The molecule has 0 heterocycles. The molecular formula is C17H20N2O. The van der Waals surface area contributed by atoms with Crippen molar-refractivity contribution in [3.05, 3.63) is 71.8 Å². The smallest absolute Gasteiger partial charge is 0.237 e. The van der Waals surface area contributed by atoms with E-state index >= 15 is 0 Å². The molecule has 0 aliphatic rings. The highest BCUT2D eigenvalue weighted by molar-refractivity contribution is 5.81. The third-order valence-corrected chi connectivity index (χ3v) is 3.24. The molecule has 20 heavy (non-hydrogen) atoms. The number of carbonyl (C=O) groups excluding carboxylic acids is 1. The van der Waals surface area contributed by atoms with Crippen molar-refractivity contribution in [2.45, 2.75) is 19.0 Å². The van der Waals surface area contributed by atoms with Gasteiger partial charge in [0.1, 0.15) is 0 Å². The summed E-state index contributed by atoms with van der Waals surface area (Å²) in [6.45, 7) is 0.686. The molecule has 0 aromatic heterocycles. The molecule has 0 saturated carbocycles. The molecule has 0 aliphatic heterocycles. The van der Waals surface area contributed by atoms with E-state index in [1.807, 2.05) is 48.5 Å². The molecule has 0 unspecified atom stereocenters. The summed E-state index contributed by atoms with van der Waals surface area (Å²) in [5.74, 6) is 0.0183. The van der Waals surface area contributed by atoms with Crippen molar-refractivity contribution < 1.29 is 4.79 Å². The van der Waals surface area contributed by atoms with Gasteiger partial charge in [-0.05, 0) is 17.5 Å². The molecule has 2 aromatic carbocycles. The molecule has 2 aromatic rings. The van der Waals surface area contributed by atoms with E-state index in [0.717, 1.165) is 5.56 Å². The van der Waals surface area contributed by atoms with Crippen molar-refractivity contribution in [2.75, 3.05) is 7.05 Å². The Hall–Kier alpha value is -2.13. The molecule has 0 aliphatic carbocycles. The average Bonchev–Trinajstić information content (AvgIpc) is 2.52. The number of rotatable bonds is 6. The Bertz CT molecular complexity index is 525. The standard InChI is InChI=1S/C17H20N2O/c1-18-17(20)16(12-14-8-4-2-5-9-14)19-13-15-10-6-3-7-11-15/h2-11,16,19H,12-13H2,1H3,(H,18,20)/t16-/m0/s1. The molecule has 1 atom stereocenters. The number of likely N-dealkylation sites (N-methyl/N-ethyl adjacent to an activating group) is 1. The Kier molecular flexibility index (Phi) is 5.33. The largest absolute Gasteiger partial charge is 0.358 e. The van der Waals surface area contributed by atoms with Crippen LogP contribution in [0.3, 0.4) is 0 Å². The first-order chi connectivity index (χ1) is 9.79. The first-order valence-electron chi connectivity index (χ1n) is 6.82. The van der Waals surface area contributed by atoms with Crippen molar-refractivity contribution in [1.82, 2.24) is 10.6 Å². The monoisotopic (exact) mass is 268 g/mol. The van der Waals surface area contributed by atoms with Crippen LogP contribution in [0.15, 0.2) is 60.7 Å². The first-order valence-corrected chi connectivity index (χ1v) is 6.82. The van der Waals surface area contributed by atoms with E-state index < -0.39 is 0 Å². The Morgan fingerprint density at radius 1 is 0.950 bits per heavy atom. The molecule has 0 radical (unpaired) electrons. The second-order valence-corrected chi connectivity index (χ2v) is 4.72. The van der Waals surface area contributed by atoms with E-state index in [2.05, 4.69) is 22.8 Å². The highest BCUT2D eigenvalue weighted by atomic mass is 16.2. The Morgan fingerprint density at radius 3 is 2.05 bits per heavy atom. The van der Waals surface area contributed by atoms with Gasteiger partial charge >= 0.3 is 0 Å². The minimum atomic E-state index is -0.220. The maximum Gasteiger partial charge on any atom is 0.237 e. The second-order valence-electron chi connectivity index (χ2n) is 4.72. The van der Waals surface area contributed by atoms with Gasteiger partial charge < -0.3 is 10.6 Å². The summed E-state index contributed by atoms with van der Waals surface area (Å²) in [5, 5.41) is 6.04. The number of carbonyl (C=O) groups is 1. The van der Waals surface area contributed by atoms with Crippen LogP contribution in [0.4, 0.5) is 0 Å². The lowest BCUT2D eigenvalue weighted by Crippen LogP contribution is -2.44. The van der Waals surface area contributed by atoms with Crippen molar-refractivity contribution in [1.29, 1.82) is 0 Å². The normalized spacial score (nSPS) is 11.8. The van der Waals surface area contributed by atoms with Crippen LogP contribution in [-0.2, 0) is 17.8 Å². The van der Waals surface area contributed by atoms with Crippen molar-refractivity contribution in [3.8, 4) is 0 Å². The highest BCUT2D eigenvalue weighted by Crippen LogP contribution is 2.05. The van der Waals surface area contributed by atoms with Gasteiger partial charge in [-0.3, -0.25) is 4.79 Å². The second kappa shape index (κ2) is 7.46. The fourth-order valence-electron chi connectivity index (χ4n) is 2.12. The van der Waals surface area contributed by atoms with E-state index in [9.17, 15) is 4.79 Å². The molecule has 0 fully saturated rings. The zero-order chi connectivity index (χ0) is 14.2. The lowest BCUT2D eigenvalue weighted by atomic mass is 10.0. The van der Waals surface area contributed by atoms with E-state index in [1.165, 1.54) is 5.56 Å². The van der Waals surface area contributed by atoms with Gasteiger partial charge in [0.05, 0.1) is 6.04 Å². The summed E-state index contributed by atoms with van der Waals surface area (Å²) in [4.78, 5) is 12.0. The molecule has 104 valence electrons. The van der Waals surface area contributed by atoms with Gasteiger partial charge in [0, 0.05) is 13.6 Å². The van der Waals surface area contributed by atoms with E-state index in [4.69, 9.17) is 0 Å². The summed E-state index contributed by atoms with van der Waals surface area (Å²) in [7, 11) is 1.67. The van der Waals surface area contributed by atoms with Crippen molar-refractivity contribution in [3.63, 3.8) is 0 Å². The van der Waals surface area contributed by atoms with Crippen LogP contribution in [0.2, 0.25) is 0 Å². The fourth-order valence-corrected chi connectivity index (χ4v) is 2.12. The van der Waals surface area contributed by atoms with Crippen molar-refractivity contribution in [2.24, 2.45) is 0 Å². The number of hydrogen-bond acceptors (Lipinski definition) is 2.